The zero-order chi connectivity index (χ0) is 15.6. The van der Waals surface area contributed by atoms with E-state index in [0.29, 0.717) is 23.5 Å². The van der Waals surface area contributed by atoms with E-state index in [1.165, 1.54) is 20.4 Å². The third-order valence-corrected chi connectivity index (χ3v) is 3.21. The number of aromatic nitrogens is 4. The van der Waals surface area contributed by atoms with Crippen molar-refractivity contribution in [1.82, 2.24) is 24.4 Å². The topological polar surface area (TPSA) is 58.9 Å². The zero-order valence-corrected chi connectivity index (χ0v) is 12.0. The first-order valence-electron chi connectivity index (χ1n) is 6.47. The highest BCUT2D eigenvalue weighted by atomic mass is 19.4. The van der Waals surface area contributed by atoms with E-state index < -0.39 is 12.2 Å². The number of hydrogen-bond acceptors (Lipinski definition) is 5. The molecule has 1 unspecified atom stereocenters. The van der Waals surface area contributed by atoms with E-state index in [-0.39, 0.29) is 6.54 Å². The van der Waals surface area contributed by atoms with Gasteiger partial charge in [0, 0.05) is 13.1 Å². The maximum Gasteiger partial charge on any atom is 0.405 e. The molecule has 0 bridgehead atoms. The summed E-state index contributed by atoms with van der Waals surface area (Å²) in [6, 6.07) is -1.60. The van der Waals surface area contributed by atoms with Crippen molar-refractivity contribution < 1.29 is 13.2 Å². The minimum atomic E-state index is -4.31. The van der Waals surface area contributed by atoms with Crippen LogP contribution in [-0.4, -0.2) is 57.3 Å². The molecule has 0 aromatic carbocycles. The summed E-state index contributed by atoms with van der Waals surface area (Å²) in [7, 11) is 2.78. The van der Waals surface area contributed by atoms with Gasteiger partial charge in [-0.2, -0.15) is 13.2 Å². The van der Waals surface area contributed by atoms with Crippen molar-refractivity contribution in [2.24, 2.45) is 0 Å². The quantitative estimate of drug-likeness (QED) is 0.912. The van der Waals surface area contributed by atoms with Crippen LogP contribution in [0.25, 0.3) is 11.2 Å². The Labute approximate surface area is 120 Å². The molecule has 0 aliphatic heterocycles. The van der Waals surface area contributed by atoms with Crippen LogP contribution < -0.4 is 5.32 Å². The molecule has 0 fully saturated rings. The summed E-state index contributed by atoms with van der Waals surface area (Å²) in [4.78, 5) is 13.4. The molecule has 1 atom stereocenters. The molecule has 2 rings (SSSR count). The molecule has 0 aliphatic carbocycles. The van der Waals surface area contributed by atoms with E-state index in [1.54, 1.807) is 10.9 Å². The number of nitrogens with zero attached hydrogens (tertiary/aromatic N) is 5. The summed E-state index contributed by atoms with van der Waals surface area (Å²) < 4.78 is 40.5. The Balaban J connectivity index is 2.22. The van der Waals surface area contributed by atoms with E-state index >= 15 is 0 Å². The second-order valence-electron chi connectivity index (χ2n) is 4.83. The number of alkyl halides is 3. The van der Waals surface area contributed by atoms with Gasteiger partial charge in [-0.1, -0.05) is 0 Å². The third-order valence-electron chi connectivity index (χ3n) is 3.21. The largest absolute Gasteiger partial charge is 0.405 e. The van der Waals surface area contributed by atoms with E-state index in [1.807, 2.05) is 6.92 Å². The molecule has 1 N–H and O–H groups in total. The van der Waals surface area contributed by atoms with Gasteiger partial charge in [-0.25, -0.2) is 15.0 Å². The molecule has 0 saturated heterocycles. The van der Waals surface area contributed by atoms with Crippen LogP contribution in [0.4, 0.5) is 19.0 Å². The zero-order valence-electron chi connectivity index (χ0n) is 12.0. The van der Waals surface area contributed by atoms with Gasteiger partial charge in [-0.05, 0) is 21.0 Å². The molecule has 116 valence electrons. The number of hydrogen-bond donors (Lipinski definition) is 1. The molecule has 0 radical (unpaired) electrons. The van der Waals surface area contributed by atoms with Gasteiger partial charge in [-0.3, -0.25) is 4.90 Å². The Kier molecular flexibility index (Phi) is 4.31. The van der Waals surface area contributed by atoms with Crippen molar-refractivity contribution in [3.8, 4) is 0 Å². The molecule has 6 nitrogen and oxygen atoms in total. The summed E-state index contributed by atoms with van der Waals surface area (Å²) in [5.41, 5.74) is 1.07. The fourth-order valence-corrected chi connectivity index (χ4v) is 2.03. The first-order valence-corrected chi connectivity index (χ1v) is 6.47. The second-order valence-corrected chi connectivity index (χ2v) is 4.83. The monoisotopic (exact) mass is 302 g/mol. The maximum absolute atomic E-state index is 12.9. The average Bonchev–Trinajstić information content (AvgIpc) is 2.80. The molecule has 0 saturated carbocycles. The van der Waals surface area contributed by atoms with Crippen LogP contribution in [0.15, 0.2) is 12.7 Å². The summed E-state index contributed by atoms with van der Waals surface area (Å²) in [6.45, 7) is 2.31. The van der Waals surface area contributed by atoms with Gasteiger partial charge >= 0.3 is 6.18 Å². The van der Waals surface area contributed by atoms with E-state index in [2.05, 4.69) is 20.3 Å². The Morgan fingerprint density at radius 1 is 1.29 bits per heavy atom. The normalized spacial score (nSPS) is 13.9. The molecule has 2 heterocycles. The van der Waals surface area contributed by atoms with Crippen LogP contribution in [0.5, 0.6) is 0 Å². The molecule has 9 heteroatoms. The molecular weight excluding hydrogens is 285 g/mol. The van der Waals surface area contributed by atoms with Crippen molar-refractivity contribution >= 4 is 17.0 Å². The standard InChI is InChI=1S/C12H17F3N6/c1-4-21-7-19-9-10(17-6-18-11(9)21)16-5-8(20(2)3)12(13,14)15/h6-8H,4-5H2,1-3H3,(H,16,17,18). The second kappa shape index (κ2) is 5.84. The summed E-state index contributed by atoms with van der Waals surface area (Å²) in [5.74, 6) is 0.309. The SMILES string of the molecule is CCn1cnc2c(NCC(N(C)C)C(F)(F)F)ncnc21. The number of aryl methyl sites for hydroxylation is 1. The molecule has 0 amide bonds. The lowest BCUT2D eigenvalue weighted by atomic mass is 10.2. The lowest BCUT2D eigenvalue weighted by molar-refractivity contribution is -0.173. The smallest absolute Gasteiger partial charge is 0.366 e. The maximum atomic E-state index is 12.9. The Morgan fingerprint density at radius 2 is 2.00 bits per heavy atom. The predicted molar refractivity (Wildman–Crippen MR) is 73.0 cm³/mol. The van der Waals surface area contributed by atoms with Crippen molar-refractivity contribution in [3.05, 3.63) is 12.7 Å². The fraction of sp³-hybridized carbons (Fsp3) is 0.583. The number of halogens is 3. The van der Waals surface area contributed by atoms with Gasteiger partial charge < -0.3 is 9.88 Å². The first kappa shape index (κ1) is 15.5. The van der Waals surface area contributed by atoms with Crippen molar-refractivity contribution in [2.75, 3.05) is 26.0 Å². The lowest BCUT2D eigenvalue weighted by Crippen LogP contribution is -2.46. The van der Waals surface area contributed by atoms with Crippen LogP contribution >= 0.6 is 0 Å². The summed E-state index contributed by atoms with van der Waals surface area (Å²) in [5, 5.41) is 2.72. The molecule has 0 aliphatic rings. The van der Waals surface area contributed by atoms with Crippen LogP contribution in [-0.2, 0) is 6.54 Å². The molecule has 2 aromatic rings. The number of likely N-dealkylation sites (N-methyl/N-ethyl adjacent to an activating group) is 1. The average molecular weight is 302 g/mol. The van der Waals surface area contributed by atoms with Crippen molar-refractivity contribution in [2.45, 2.75) is 25.7 Å². The minimum Gasteiger partial charge on any atom is -0.366 e. The van der Waals surface area contributed by atoms with Crippen LogP contribution in [0.2, 0.25) is 0 Å². The number of anilines is 1. The number of fused-ring (bicyclic) bond motifs is 1. The van der Waals surface area contributed by atoms with Crippen LogP contribution in [0, 0.1) is 0 Å². The van der Waals surface area contributed by atoms with Crippen molar-refractivity contribution in [1.29, 1.82) is 0 Å². The van der Waals surface area contributed by atoms with Crippen molar-refractivity contribution in [3.63, 3.8) is 0 Å². The van der Waals surface area contributed by atoms with Gasteiger partial charge in [0.1, 0.15) is 17.9 Å². The Bertz CT molecular complexity index is 607. The molecular formula is C12H17F3N6. The van der Waals surface area contributed by atoms with Crippen LogP contribution in [0.3, 0.4) is 0 Å². The van der Waals surface area contributed by atoms with Gasteiger partial charge in [0.25, 0.3) is 0 Å². The van der Waals surface area contributed by atoms with Gasteiger partial charge in [0.05, 0.1) is 6.33 Å². The van der Waals surface area contributed by atoms with Gasteiger partial charge in [0.2, 0.25) is 0 Å². The molecule has 21 heavy (non-hydrogen) atoms. The highest BCUT2D eigenvalue weighted by Gasteiger charge is 2.41. The highest BCUT2D eigenvalue weighted by molar-refractivity contribution is 5.82. The summed E-state index contributed by atoms with van der Waals surface area (Å²) in [6.07, 6.45) is -1.40. The van der Waals surface area contributed by atoms with Gasteiger partial charge in [-0.15, -0.1) is 0 Å². The van der Waals surface area contributed by atoms with E-state index in [4.69, 9.17) is 0 Å². The van der Waals surface area contributed by atoms with E-state index in [0.717, 1.165) is 4.90 Å². The first-order chi connectivity index (χ1) is 9.84. The summed E-state index contributed by atoms with van der Waals surface area (Å²) >= 11 is 0. The predicted octanol–water partition coefficient (Wildman–Crippen LogP) is 1.75. The number of imidazole rings is 1. The highest BCUT2D eigenvalue weighted by Crippen LogP contribution is 2.24. The minimum absolute atomic E-state index is 0.304. The van der Waals surface area contributed by atoms with Crippen LogP contribution in [0.1, 0.15) is 6.92 Å². The third kappa shape index (κ3) is 3.23. The number of nitrogens with one attached hydrogen (secondary N) is 1. The lowest BCUT2D eigenvalue weighted by Gasteiger charge is -2.26. The Hall–Kier alpha value is -1.90. The molecule has 0 spiro atoms. The molecule has 2 aromatic heterocycles. The Morgan fingerprint density at radius 3 is 2.57 bits per heavy atom. The fourth-order valence-electron chi connectivity index (χ4n) is 2.03. The van der Waals surface area contributed by atoms with Gasteiger partial charge in [0.15, 0.2) is 11.5 Å². The van der Waals surface area contributed by atoms with E-state index in [9.17, 15) is 13.2 Å². The number of rotatable bonds is 5.